The minimum absolute atomic E-state index is 0.00341. The van der Waals surface area contributed by atoms with Gasteiger partial charge in [0.25, 0.3) is 11.4 Å². The topological polar surface area (TPSA) is 124 Å². The van der Waals surface area contributed by atoms with Gasteiger partial charge in [0.05, 0.1) is 9.85 Å². The van der Waals surface area contributed by atoms with Crippen molar-refractivity contribution in [1.29, 1.82) is 0 Å². The molecule has 1 aliphatic rings. The predicted molar refractivity (Wildman–Crippen MR) is 152 cm³/mol. The second-order valence-corrected chi connectivity index (χ2v) is 9.38. The van der Waals surface area contributed by atoms with Crippen LogP contribution in [0.3, 0.4) is 0 Å². The number of nitro benzene ring substituents is 2. The molecule has 0 N–H and O–H groups in total. The number of nitrogens with zero attached hydrogens (tertiary/aromatic N) is 3. The van der Waals surface area contributed by atoms with Crippen molar-refractivity contribution in [1.82, 2.24) is 0 Å². The van der Waals surface area contributed by atoms with E-state index in [1.807, 2.05) is 11.0 Å². The van der Waals surface area contributed by atoms with Crippen LogP contribution < -0.4 is 4.90 Å². The molecule has 202 valence electrons. The Hall–Kier alpha value is -4.89. The molecule has 0 atom stereocenters. The number of carbonyl (C=O) groups is 2. The van der Waals surface area contributed by atoms with Gasteiger partial charge in [-0.1, -0.05) is 72.3 Å². The maximum Gasteiger partial charge on any atom is 0.293 e. The van der Waals surface area contributed by atoms with Crippen LogP contribution in [-0.4, -0.2) is 34.5 Å². The Balaban J connectivity index is 0.000000189. The van der Waals surface area contributed by atoms with E-state index in [1.54, 1.807) is 66.7 Å². The smallest absolute Gasteiger partial charge is 0.293 e. The lowest BCUT2D eigenvalue weighted by Crippen LogP contribution is -2.19. The summed E-state index contributed by atoms with van der Waals surface area (Å²) in [6.07, 6.45) is 2.09. The summed E-state index contributed by atoms with van der Waals surface area (Å²) in [6, 6.07) is 26.2. The summed E-state index contributed by atoms with van der Waals surface area (Å²) in [6.45, 7) is 1.65. The first-order valence-corrected chi connectivity index (χ1v) is 12.8. The van der Waals surface area contributed by atoms with Crippen molar-refractivity contribution in [3.63, 3.8) is 0 Å². The molecule has 0 spiro atoms. The van der Waals surface area contributed by atoms with Gasteiger partial charge in [-0.05, 0) is 37.1 Å². The van der Waals surface area contributed by atoms with Crippen molar-refractivity contribution in [2.24, 2.45) is 0 Å². The van der Waals surface area contributed by atoms with E-state index in [0.717, 1.165) is 25.9 Å². The Kier molecular flexibility index (Phi) is 8.98. The van der Waals surface area contributed by atoms with Crippen molar-refractivity contribution in [3.05, 3.63) is 145 Å². The molecule has 0 amide bonds. The van der Waals surface area contributed by atoms with Gasteiger partial charge in [-0.2, -0.15) is 0 Å². The zero-order valence-electron chi connectivity index (χ0n) is 21.2. The highest BCUT2D eigenvalue weighted by Crippen LogP contribution is 2.32. The molecule has 1 fully saturated rings. The number of halogens is 1. The molecule has 1 aliphatic heterocycles. The lowest BCUT2D eigenvalue weighted by Gasteiger charge is -2.17. The van der Waals surface area contributed by atoms with Gasteiger partial charge in [-0.15, -0.1) is 0 Å². The molecule has 0 radical (unpaired) electrons. The van der Waals surface area contributed by atoms with Crippen LogP contribution in [-0.2, 0) is 0 Å². The molecule has 0 saturated carbocycles. The standard InChI is InChI=1S/C17H16N2O3.C13H8ClNO3/c20-17(13-6-2-1-3-7-13)14-8-9-15(16(12-14)19(21)22)18-10-4-5-11-18;14-11-7-6-10(8-12(11)15(17)18)13(16)9-4-2-1-3-5-9/h1-3,6-9,12H,4-5,10-11H2;1-8H. The summed E-state index contributed by atoms with van der Waals surface area (Å²) in [5.74, 6) is -0.466. The van der Waals surface area contributed by atoms with Crippen LogP contribution in [0.25, 0.3) is 0 Å². The SMILES string of the molecule is O=C(c1ccccc1)c1ccc(Cl)c([N+](=O)[O-])c1.O=C(c1ccccc1)c1ccc(N2CCCC2)c([N+](=O)[O-])c1. The van der Waals surface area contributed by atoms with Crippen molar-refractivity contribution in [2.45, 2.75) is 12.8 Å². The number of hydrogen-bond donors (Lipinski definition) is 0. The first-order chi connectivity index (χ1) is 19.3. The molecule has 4 aromatic carbocycles. The van der Waals surface area contributed by atoms with Crippen LogP contribution in [0.1, 0.15) is 44.7 Å². The molecule has 40 heavy (non-hydrogen) atoms. The van der Waals surface area contributed by atoms with E-state index in [9.17, 15) is 29.8 Å². The summed E-state index contributed by atoms with van der Waals surface area (Å²) in [4.78, 5) is 47.6. The quantitative estimate of drug-likeness (QED) is 0.137. The van der Waals surface area contributed by atoms with Gasteiger partial charge in [0.1, 0.15) is 10.7 Å². The summed E-state index contributed by atoms with van der Waals surface area (Å²) in [5, 5.41) is 22.1. The molecular formula is C30H24ClN3O6. The van der Waals surface area contributed by atoms with Gasteiger partial charge in [0, 0.05) is 47.5 Å². The van der Waals surface area contributed by atoms with E-state index in [0.29, 0.717) is 22.4 Å². The van der Waals surface area contributed by atoms with Crippen molar-refractivity contribution in [3.8, 4) is 0 Å². The van der Waals surface area contributed by atoms with Gasteiger partial charge < -0.3 is 4.90 Å². The average Bonchev–Trinajstić information content (AvgIpc) is 3.52. The first kappa shape index (κ1) is 28.1. The fourth-order valence-corrected chi connectivity index (χ4v) is 4.53. The maximum absolute atomic E-state index is 12.4. The Morgan fingerprint density at radius 1 is 0.625 bits per heavy atom. The van der Waals surface area contributed by atoms with E-state index in [1.165, 1.54) is 24.3 Å². The third-order valence-electron chi connectivity index (χ3n) is 6.36. The Morgan fingerprint density at radius 3 is 1.55 bits per heavy atom. The van der Waals surface area contributed by atoms with E-state index in [-0.39, 0.29) is 33.5 Å². The largest absolute Gasteiger partial charge is 0.366 e. The molecule has 0 unspecified atom stereocenters. The van der Waals surface area contributed by atoms with Crippen molar-refractivity contribution < 1.29 is 19.4 Å². The summed E-state index contributed by atoms with van der Waals surface area (Å²) < 4.78 is 0. The molecule has 4 aromatic rings. The fraction of sp³-hybridized carbons (Fsp3) is 0.133. The number of ketones is 2. The number of carbonyl (C=O) groups excluding carboxylic acids is 2. The zero-order valence-corrected chi connectivity index (χ0v) is 22.0. The first-order valence-electron chi connectivity index (χ1n) is 12.4. The maximum atomic E-state index is 12.4. The van der Waals surface area contributed by atoms with Crippen LogP contribution in [0.15, 0.2) is 97.1 Å². The molecule has 0 aliphatic carbocycles. The number of anilines is 1. The van der Waals surface area contributed by atoms with Crippen LogP contribution in [0.4, 0.5) is 17.1 Å². The van der Waals surface area contributed by atoms with E-state index in [4.69, 9.17) is 11.6 Å². The summed E-state index contributed by atoms with van der Waals surface area (Å²) in [7, 11) is 0. The lowest BCUT2D eigenvalue weighted by molar-refractivity contribution is -0.384. The van der Waals surface area contributed by atoms with Crippen molar-refractivity contribution >= 4 is 40.2 Å². The molecule has 0 aromatic heterocycles. The van der Waals surface area contributed by atoms with Crippen LogP contribution in [0.2, 0.25) is 5.02 Å². The van der Waals surface area contributed by atoms with E-state index < -0.39 is 9.85 Å². The Morgan fingerprint density at radius 2 is 1.07 bits per heavy atom. The van der Waals surface area contributed by atoms with Crippen LogP contribution in [0.5, 0.6) is 0 Å². The highest BCUT2D eigenvalue weighted by Gasteiger charge is 2.24. The number of hydrogen-bond acceptors (Lipinski definition) is 7. The molecular weight excluding hydrogens is 534 g/mol. The predicted octanol–water partition coefficient (Wildman–Crippen LogP) is 6.91. The third kappa shape index (κ3) is 6.57. The minimum atomic E-state index is -0.607. The van der Waals surface area contributed by atoms with Gasteiger partial charge in [-0.25, -0.2) is 0 Å². The molecule has 9 nitrogen and oxygen atoms in total. The zero-order chi connectivity index (χ0) is 28.6. The summed E-state index contributed by atoms with van der Waals surface area (Å²) in [5.41, 5.74) is 1.95. The van der Waals surface area contributed by atoms with Crippen LogP contribution in [0, 0.1) is 20.2 Å². The number of nitro groups is 2. The normalized spacial score (nSPS) is 12.3. The van der Waals surface area contributed by atoms with E-state index in [2.05, 4.69) is 0 Å². The van der Waals surface area contributed by atoms with Gasteiger partial charge in [-0.3, -0.25) is 29.8 Å². The lowest BCUT2D eigenvalue weighted by atomic mass is 10.0. The molecule has 10 heteroatoms. The monoisotopic (exact) mass is 557 g/mol. The van der Waals surface area contributed by atoms with Gasteiger partial charge in [0.15, 0.2) is 11.6 Å². The van der Waals surface area contributed by atoms with Crippen molar-refractivity contribution in [2.75, 3.05) is 18.0 Å². The minimum Gasteiger partial charge on any atom is -0.366 e. The van der Waals surface area contributed by atoms with E-state index >= 15 is 0 Å². The second-order valence-electron chi connectivity index (χ2n) is 8.97. The average molecular weight is 558 g/mol. The van der Waals surface area contributed by atoms with Gasteiger partial charge >= 0.3 is 0 Å². The second kappa shape index (κ2) is 12.8. The fourth-order valence-electron chi connectivity index (χ4n) is 4.34. The van der Waals surface area contributed by atoms with Gasteiger partial charge in [0.2, 0.25) is 0 Å². The summed E-state index contributed by atoms with van der Waals surface area (Å²) >= 11 is 5.69. The molecule has 0 bridgehead atoms. The molecule has 5 rings (SSSR count). The highest BCUT2D eigenvalue weighted by molar-refractivity contribution is 6.32. The Labute approximate surface area is 234 Å². The number of benzene rings is 4. The van der Waals surface area contributed by atoms with Crippen LogP contribution >= 0.6 is 11.6 Å². The highest BCUT2D eigenvalue weighted by atomic mass is 35.5. The third-order valence-corrected chi connectivity index (χ3v) is 6.68. The molecule has 1 saturated heterocycles. The molecule has 1 heterocycles. The Bertz CT molecular complexity index is 1550. The number of rotatable bonds is 7.